The van der Waals surface area contributed by atoms with Crippen LogP contribution in [0.25, 0.3) is 0 Å². The molecule has 0 aliphatic heterocycles. The van der Waals surface area contributed by atoms with E-state index >= 15 is 0 Å². The van der Waals surface area contributed by atoms with E-state index in [0.29, 0.717) is 23.0 Å². The predicted octanol–water partition coefficient (Wildman–Crippen LogP) is 4.25. The van der Waals surface area contributed by atoms with Crippen LogP contribution in [0.15, 0.2) is 22.0 Å². The van der Waals surface area contributed by atoms with Gasteiger partial charge in [0.15, 0.2) is 5.17 Å². The summed E-state index contributed by atoms with van der Waals surface area (Å²) in [6.07, 6.45) is 5.34. The SMILES string of the molecule is CCCCCN(C=O)NC(=Nc1cc(SCC(=O)OC)c(Cl)cc1F)SC. The van der Waals surface area contributed by atoms with Crippen LogP contribution in [0.3, 0.4) is 0 Å². The third-order valence-corrected chi connectivity index (χ3v) is 5.38. The van der Waals surface area contributed by atoms with E-state index in [2.05, 4.69) is 22.1 Å². The minimum Gasteiger partial charge on any atom is -0.468 e. The van der Waals surface area contributed by atoms with Gasteiger partial charge in [-0.3, -0.25) is 20.0 Å². The molecule has 0 saturated carbocycles. The Hall–Kier alpha value is -1.45. The highest BCUT2D eigenvalue weighted by molar-refractivity contribution is 8.13. The van der Waals surface area contributed by atoms with Crippen LogP contribution in [-0.4, -0.2) is 48.2 Å². The second-order valence-corrected chi connectivity index (χ2v) is 7.56. The van der Waals surface area contributed by atoms with E-state index in [-0.39, 0.29) is 16.5 Å². The number of thioether (sulfide) groups is 2. The van der Waals surface area contributed by atoms with Gasteiger partial charge in [0.1, 0.15) is 11.5 Å². The van der Waals surface area contributed by atoms with Crippen LogP contribution < -0.4 is 5.43 Å². The van der Waals surface area contributed by atoms with Crippen molar-refractivity contribution in [3.05, 3.63) is 23.0 Å². The normalized spacial score (nSPS) is 11.2. The maximum Gasteiger partial charge on any atom is 0.315 e. The smallest absolute Gasteiger partial charge is 0.315 e. The summed E-state index contributed by atoms with van der Waals surface area (Å²) in [6, 6.07) is 2.61. The first-order valence-corrected chi connectivity index (χ1v) is 10.8. The van der Waals surface area contributed by atoms with Crippen molar-refractivity contribution < 1.29 is 18.7 Å². The molecule has 0 bridgehead atoms. The first-order valence-electron chi connectivity index (χ1n) is 8.25. The Morgan fingerprint density at radius 1 is 1.44 bits per heavy atom. The van der Waals surface area contributed by atoms with Gasteiger partial charge in [-0.05, 0) is 24.8 Å². The number of halogens is 2. The lowest BCUT2D eigenvalue weighted by molar-refractivity contribution is -0.137. The number of carbonyl (C=O) groups excluding carboxylic acids is 2. The fourth-order valence-corrected chi connectivity index (χ4v) is 3.42. The number of carbonyl (C=O) groups is 2. The number of nitrogens with one attached hydrogen (secondary N) is 1. The van der Waals surface area contributed by atoms with Crippen LogP contribution in [0.4, 0.5) is 10.1 Å². The van der Waals surface area contributed by atoms with Crippen molar-refractivity contribution in [2.75, 3.05) is 25.7 Å². The van der Waals surface area contributed by atoms with Gasteiger partial charge in [0.25, 0.3) is 0 Å². The third-order valence-electron chi connectivity index (χ3n) is 3.36. The molecule has 0 unspecified atom stereocenters. The molecule has 0 fully saturated rings. The van der Waals surface area contributed by atoms with Crippen LogP contribution in [-0.2, 0) is 14.3 Å². The van der Waals surface area contributed by atoms with E-state index < -0.39 is 11.8 Å². The van der Waals surface area contributed by atoms with Crippen LogP contribution in [0.5, 0.6) is 0 Å². The molecule has 150 valence electrons. The molecule has 10 heteroatoms. The number of hydrogen-bond acceptors (Lipinski definition) is 6. The predicted molar refractivity (Wildman–Crippen MR) is 110 cm³/mol. The Balaban J connectivity index is 2.96. The van der Waals surface area contributed by atoms with Crippen molar-refractivity contribution in [1.29, 1.82) is 0 Å². The number of hydrogen-bond donors (Lipinski definition) is 1. The van der Waals surface area contributed by atoms with Gasteiger partial charge >= 0.3 is 5.97 Å². The van der Waals surface area contributed by atoms with Crippen molar-refractivity contribution >= 4 is 58.4 Å². The summed E-state index contributed by atoms with van der Waals surface area (Å²) in [6.45, 7) is 2.60. The average molecular weight is 436 g/mol. The lowest BCUT2D eigenvalue weighted by Gasteiger charge is -2.19. The highest BCUT2D eigenvalue weighted by Crippen LogP contribution is 2.33. The third kappa shape index (κ3) is 8.40. The molecule has 1 rings (SSSR count). The molecule has 1 aromatic carbocycles. The number of benzene rings is 1. The summed E-state index contributed by atoms with van der Waals surface area (Å²) in [4.78, 5) is 27.3. The zero-order valence-corrected chi connectivity index (χ0v) is 17.8. The van der Waals surface area contributed by atoms with Crippen LogP contribution in [0, 0.1) is 5.82 Å². The maximum atomic E-state index is 14.2. The van der Waals surface area contributed by atoms with Crippen molar-refractivity contribution in [3.8, 4) is 0 Å². The highest BCUT2D eigenvalue weighted by atomic mass is 35.5. The van der Waals surface area contributed by atoms with Crippen LogP contribution in [0.2, 0.25) is 5.02 Å². The Morgan fingerprint density at radius 3 is 2.78 bits per heavy atom. The second kappa shape index (κ2) is 12.9. The van der Waals surface area contributed by atoms with Crippen LogP contribution >= 0.6 is 35.1 Å². The summed E-state index contributed by atoms with van der Waals surface area (Å²) in [7, 11) is 1.29. The first-order chi connectivity index (χ1) is 12.9. The molecule has 0 aliphatic carbocycles. The van der Waals surface area contributed by atoms with Gasteiger partial charge < -0.3 is 4.74 Å². The van der Waals surface area contributed by atoms with Gasteiger partial charge in [-0.15, -0.1) is 11.8 Å². The van der Waals surface area contributed by atoms with Crippen molar-refractivity contribution in [2.24, 2.45) is 4.99 Å². The number of amidine groups is 1. The zero-order chi connectivity index (χ0) is 20.2. The van der Waals surface area contributed by atoms with Gasteiger partial charge in [-0.25, -0.2) is 9.38 Å². The number of esters is 1. The maximum absolute atomic E-state index is 14.2. The summed E-state index contributed by atoms with van der Waals surface area (Å²) < 4.78 is 18.8. The lowest BCUT2D eigenvalue weighted by Crippen LogP contribution is -2.40. The minimum atomic E-state index is -0.598. The van der Waals surface area contributed by atoms with Crippen LogP contribution in [0.1, 0.15) is 26.2 Å². The van der Waals surface area contributed by atoms with Crippen molar-refractivity contribution in [3.63, 3.8) is 0 Å². The second-order valence-electron chi connectivity index (χ2n) is 5.34. The molecule has 1 aromatic rings. The van der Waals surface area contributed by atoms with E-state index in [1.807, 2.05) is 0 Å². The Kier molecular flexibility index (Phi) is 11.2. The molecular weight excluding hydrogens is 413 g/mol. The Morgan fingerprint density at radius 2 is 2.19 bits per heavy atom. The number of aliphatic imine (C=N–C) groups is 1. The molecule has 0 aliphatic rings. The quantitative estimate of drug-likeness (QED) is 0.113. The monoisotopic (exact) mass is 435 g/mol. The fourth-order valence-electron chi connectivity index (χ4n) is 1.93. The molecule has 0 atom stereocenters. The average Bonchev–Trinajstić information content (AvgIpc) is 2.66. The first kappa shape index (κ1) is 23.6. The minimum absolute atomic E-state index is 0.0506. The highest BCUT2D eigenvalue weighted by Gasteiger charge is 2.13. The Labute approximate surface area is 172 Å². The molecular formula is C17H23ClFN3O3S2. The molecule has 1 N–H and O–H groups in total. The van der Waals surface area contributed by atoms with Crippen molar-refractivity contribution in [2.45, 2.75) is 31.1 Å². The van der Waals surface area contributed by atoms with Gasteiger partial charge in [0.2, 0.25) is 6.41 Å². The molecule has 6 nitrogen and oxygen atoms in total. The van der Waals surface area contributed by atoms with Crippen molar-refractivity contribution in [1.82, 2.24) is 10.4 Å². The zero-order valence-electron chi connectivity index (χ0n) is 15.5. The number of ether oxygens (including phenoxy) is 1. The lowest BCUT2D eigenvalue weighted by atomic mass is 10.2. The van der Waals surface area contributed by atoms with E-state index in [1.54, 1.807) is 6.26 Å². The molecule has 0 spiro atoms. The van der Waals surface area contributed by atoms with E-state index in [4.69, 9.17) is 11.6 Å². The Bertz CT molecular complexity index is 677. The van der Waals surface area contributed by atoms with E-state index in [9.17, 15) is 14.0 Å². The fraction of sp³-hybridized carbons (Fsp3) is 0.471. The van der Waals surface area contributed by atoms with Gasteiger partial charge in [-0.1, -0.05) is 43.1 Å². The van der Waals surface area contributed by atoms with E-state index in [0.717, 1.165) is 37.1 Å². The molecule has 0 radical (unpaired) electrons. The standard InChI is InChI=1S/C17H23ClFN3O3S2/c1-4-5-6-7-22(11-23)21-17(26-3)20-14-9-15(12(18)8-13(14)19)27-10-16(24)25-2/h8-9,11H,4-7,10H2,1-3H3,(H,20,21). The summed E-state index contributed by atoms with van der Waals surface area (Å²) in [5.74, 6) is -0.959. The van der Waals surface area contributed by atoms with Gasteiger partial charge in [0, 0.05) is 11.4 Å². The molecule has 1 amide bonds. The molecule has 0 heterocycles. The molecule has 0 saturated heterocycles. The number of amides is 1. The number of hydrazine groups is 1. The number of unbranched alkanes of at least 4 members (excludes halogenated alkanes) is 2. The number of nitrogens with zero attached hydrogens (tertiary/aromatic N) is 2. The summed E-state index contributed by atoms with van der Waals surface area (Å²) >= 11 is 8.42. The van der Waals surface area contributed by atoms with Gasteiger partial charge in [0.05, 0.1) is 17.9 Å². The van der Waals surface area contributed by atoms with Gasteiger partial charge in [-0.2, -0.15) is 0 Å². The number of rotatable bonds is 10. The molecule has 27 heavy (non-hydrogen) atoms. The largest absolute Gasteiger partial charge is 0.468 e. The van der Waals surface area contributed by atoms with E-state index in [1.165, 1.54) is 29.9 Å². The topological polar surface area (TPSA) is 71.0 Å². The number of methoxy groups -OCH3 is 1. The summed E-state index contributed by atoms with van der Waals surface area (Å²) in [5, 5.41) is 1.93. The summed E-state index contributed by atoms with van der Waals surface area (Å²) in [5.41, 5.74) is 2.94. The molecule has 0 aromatic heterocycles.